The molecule has 0 atom stereocenters. The van der Waals surface area contributed by atoms with Gasteiger partial charge in [0.15, 0.2) is 17.5 Å². The molecule has 1 aliphatic rings. The van der Waals surface area contributed by atoms with Crippen molar-refractivity contribution in [3.05, 3.63) is 47.1 Å². The Balaban J connectivity index is 1.77. The predicted molar refractivity (Wildman–Crippen MR) is 73.0 cm³/mol. The third-order valence-electron chi connectivity index (χ3n) is 3.59. The SMILES string of the molecule is CCN(Cc1noc(C2CC2)n1)C(=O)c1cccc(F)c1F. The van der Waals surface area contributed by atoms with Crippen molar-refractivity contribution in [2.45, 2.75) is 32.2 Å². The van der Waals surface area contributed by atoms with E-state index in [4.69, 9.17) is 4.52 Å². The smallest absolute Gasteiger partial charge is 0.257 e. The van der Waals surface area contributed by atoms with Crippen LogP contribution in [0.4, 0.5) is 8.78 Å². The number of amides is 1. The fourth-order valence-electron chi connectivity index (χ4n) is 2.17. The number of benzene rings is 1. The molecule has 0 N–H and O–H groups in total. The van der Waals surface area contributed by atoms with E-state index in [9.17, 15) is 13.6 Å². The Bertz CT molecular complexity index is 698. The summed E-state index contributed by atoms with van der Waals surface area (Å²) in [6.07, 6.45) is 2.07. The highest BCUT2D eigenvalue weighted by molar-refractivity contribution is 5.94. The third kappa shape index (κ3) is 2.84. The molecule has 0 aliphatic heterocycles. The van der Waals surface area contributed by atoms with Crippen LogP contribution in [0, 0.1) is 11.6 Å². The van der Waals surface area contributed by atoms with E-state index >= 15 is 0 Å². The standard InChI is InChI=1S/C15H15F2N3O2/c1-2-20(8-12-18-14(22-19-12)9-6-7-9)15(21)10-4-3-5-11(16)13(10)17/h3-5,9H,2,6-8H2,1H3. The molecule has 0 unspecified atom stereocenters. The molecule has 116 valence electrons. The minimum absolute atomic E-state index is 0.0987. The normalized spacial score (nSPS) is 14.1. The van der Waals surface area contributed by atoms with Crippen LogP contribution in [0.5, 0.6) is 0 Å². The Morgan fingerprint density at radius 1 is 1.41 bits per heavy atom. The molecule has 0 bridgehead atoms. The summed E-state index contributed by atoms with van der Waals surface area (Å²) in [6.45, 7) is 2.17. The lowest BCUT2D eigenvalue weighted by Gasteiger charge is -2.19. The highest BCUT2D eigenvalue weighted by atomic mass is 19.2. The Hall–Kier alpha value is -2.31. The van der Waals surface area contributed by atoms with E-state index < -0.39 is 17.5 Å². The first-order chi connectivity index (χ1) is 10.6. The van der Waals surface area contributed by atoms with Gasteiger partial charge in [-0.1, -0.05) is 11.2 Å². The second-order valence-electron chi connectivity index (χ2n) is 5.24. The van der Waals surface area contributed by atoms with E-state index in [-0.39, 0.29) is 12.1 Å². The first kappa shape index (κ1) is 14.6. The van der Waals surface area contributed by atoms with Gasteiger partial charge >= 0.3 is 0 Å². The van der Waals surface area contributed by atoms with Crippen LogP contribution in [-0.4, -0.2) is 27.5 Å². The van der Waals surface area contributed by atoms with Gasteiger partial charge in [-0.3, -0.25) is 4.79 Å². The summed E-state index contributed by atoms with van der Waals surface area (Å²) in [5, 5.41) is 3.83. The van der Waals surface area contributed by atoms with Crippen molar-refractivity contribution in [1.29, 1.82) is 0 Å². The Morgan fingerprint density at radius 3 is 2.86 bits per heavy atom. The van der Waals surface area contributed by atoms with Gasteiger partial charge in [0, 0.05) is 12.5 Å². The van der Waals surface area contributed by atoms with Gasteiger partial charge in [0.25, 0.3) is 5.91 Å². The number of hydrogen-bond acceptors (Lipinski definition) is 4. The van der Waals surface area contributed by atoms with Crippen molar-refractivity contribution in [2.75, 3.05) is 6.54 Å². The molecule has 0 saturated heterocycles. The molecule has 5 nitrogen and oxygen atoms in total. The van der Waals surface area contributed by atoms with Crippen LogP contribution in [-0.2, 0) is 6.54 Å². The molecule has 1 amide bonds. The number of halogens is 2. The summed E-state index contributed by atoms with van der Waals surface area (Å²) in [7, 11) is 0. The molecule has 22 heavy (non-hydrogen) atoms. The minimum atomic E-state index is -1.14. The number of aromatic nitrogens is 2. The second-order valence-corrected chi connectivity index (χ2v) is 5.24. The summed E-state index contributed by atoms with van der Waals surface area (Å²) in [6, 6.07) is 3.54. The van der Waals surface area contributed by atoms with Crippen LogP contribution in [0.25, 0.3) is 0 Å². The number of carbonyl (C=O) groups is 1. The van der Waals surface area contributed by atoms with E-state index in [2.05, 4.69) is 10.1 Å². The maximum Gasteiger partial charge on any atom is 0.257 e. The highest BCUT2D eigenvalue weighted by Crippen LogP contribution is 2.38. The van der Waals surface area contributed by atoms with E-state index in [1.807, 2.05) is 0 Å². The molecule has 0 spiro atoms. The molecule has 7 heteroatoms. The van der Waals surface area contributed by atoms with Gasteiger partial charge in [0.2, 0.25) is 5.89 Å². The predicted octanol–water partition coefficient (Wildman–Crippen LogP) is 2.89. The van der Waals surface area contributed by atoms with Gasteiger partial charge in [-0.25, -0.2) is 8.78 Å². The monoisotopic (exact) mass is 307 g/mol. The van der Waals surface area contributed by atoms with Gasteiger partial charge in [-0.05, 0) is 31.9 Å². The molecule has 1 aromatic carbocycles. The summed E-state index contributed by atoms with van der Waals surface area (Å²) in [5.41, 5.74) is -0.298. The lowest BCUT2D eigenvalue weighted by molar-refractivity contribution is 0.0741. The summed E-state index contributed by atoms with van der Waals surface area (Å²) < 4.78 is 32.1. The molecule has 1 aliphatic carbocycles. The fraction of sp³-hybridized carbons (Fsp3) is 0.400. The first-order valence-electron chi connectivity index (χ1n) is 7.16. The van der Waals surface area contributed by atoms with Gasteiger partial charge in [-0.15, -0.1) is 0 Å². The third-order valence-corrected chi connectivity index (χ3v) is 3.59. The van der Waals surface area contributed by atoms with Crippen LogP contribution in [0.15, 0.2) is 22.7 Å². The maximum atomic E-state index is 13.7. The van der Waals surface area contributed by atoms with Gasteiger partial charge in [0.05, 0.1) is 12.1 Å². The fourth-order valence-corrected chi connectivity index (χ4v) is 2.17. The molecular weight excluding hydrogens is 292 g/mol. The van der Waals surface area contributed by atoms with Crippen molar-refractivity contribution in [1.82, 2.24) is 15.0 Å². The van der Waals surface area contributed by atoms with Crippen molar-refractivity contribution >= 4 is 5.91 Å². The summed E-state index contributed by atoms with van der Waals surface area (Å²) in [4.78, 5) is 17.9. The molecule has 3 rings (SSSR count). The maximum absolute atomic E-state index is 13.7. The first-order valence-corrected chi connectivity index (χ1v) is 7.16. The number of nitrogens with zero attached hydrogens (tertiary/aromatic N) is 3. The zero-order valence-electron chi connectivity index (χ0n) is 12.1. The average molecular weight is 307 g/mol. The topological polar surface area (TPSA) is 59.2 Å². The number of rotatable bonds is 5. The lowest BCUT2D eigenvalue weighted by atomic mass is 10.1. The summed E-state index contributed by atoms with van der Waals surface area (Å²) >= 11 is 0. The van der Waals surface area contributed by atoms with Crippen molar-refractivity contribution in [3.8, 4) is 0 Å². The van der Waals surface area contributed by atoms with Crippen molar-refractivity contribution in [3.63, 3.8) is 0 Å². The van der Waals surface area contributed by atoms with Gasteiger partial charge < -0.3 is 9.42 Å². The lowest BCUT2D eigenvalue weighted by Crippen LogP contribution is -2.31. The van der Waals surface area contributed by atoms with E-state index in [0.29, 0.717) is 24.2 Å². The van der Waals surface area contributed by atoms with Crippen LogP contribution >= 0.6 is 0 Å². The number of carbonyl (C=O) groups excluding carboxylic acids is 1. The van der Waals surface area contributed by atoms with E-state index in [1.54, 1.807) is 6.92 Å². The second kappa shape index (κ2) is 5.82. The molecule has 1 heterocycles. The average Bonchev–Trinajstić information content (AvgIpc) is 3.26. The quantitative estimate of drug-likeness (QED) is 0.852. The number of hydrogen-bond donors (Lipinski definition) is 0. The Labute approximate surface area is 125 Å². The molecule has 1 aromatic heterocycles. The largest absolute Gasteiger partial charge is 0.339 e. The molecule has 2 aromatic rings. The van der Waals surface area contributed by atoms with Gasteiger partial charge in [-0.2, -0.15) is 4.98 Å². The molecule has 1 fully saturated rings. The zero-order valence-corrected chi connectivity index (χ0v) is 12.1. The van der Waals surface area contributed by atoms with E-state index in [1.165, 1.54) is 17.0 Å². The molecule has 0 radical (unpaired) electrons. The summed E-state index contributed by atoms with van der Waals surface area (Å²) in [5.74, 6) is -1.51. The Morgan fingerprint density at radius 2 is 2.18 bits per heavy atom. The van der Waals surface area contributed by atoms with Gasteiger partial charge in [0.1, 0.15) is 0 Å². The van der Waals surface area contributed by atoms with Crippen LogP contribution < -0.4 is 0 Å². The molecular formula is C15H15F2N3O2. The Kier molecular flexibility index (Phi) is 3.87. The zero-order chi connectivity index (χ0) is 15.7. The van der Waals surface area contributed by atoms with Crippen LogP contribution in [0.1, 0.15) is 47.8 Å². The van der Waals surface area contributed by atoms with Crippen LogP contribution in [0.2, 0.25) is 0 Å². The van der Waals surface area contributed by atoms with Crippen molar-refractivity contribution < 1.29 is 18.1 Å². The van der Waals surface area contributed by atoms with Crippen LogP contribution in [0.3, 0.4) is 0 Å². The van der Waals surface area contributed by atoms with E-state index in [0.717, 1.165) is 18.9 Å². The van der Waals surface area contributed by atoms with Crippen molar-refractivity contribution in [2.24, 2.45) is 0 Å². The minimum Gasteiger partial charge on any atom is -0.339 e. The molecule has 1 saturated carbocycles. The highest BCUT2D eigenvalue weighted by Gasteiger charge is 2.30.